The third-order valence-electron chi connectivity index (χ3n) is 2.10. The molecular formula is C11H17N3O. The Bertz CT molecular complexity index is 372. The number of nitrogens with zero attached hydrogens (tertiary/aromatic N) is 3. The van der Waals surface area contributed by atoms with Crippen molar-refractivity contribution >= 4 is 11.6 Å². The fourth-order valence-electron chi connectivity index (χ4n) is 1.28. The molecule has 1 heterocycles. The lowest BCUT2D eigenvalue weighted by molar-refractivity contribution is 0.0939. The molecule has 0 amide bonds. The second-order valence-corrected chi connectivity index (χ2v) is 4.07. The van der Waals surface area contributed by atoms with Crippen LogP contribution in [0.2, 0.25) is 0 Å². The highest BCUT2D eigenvalue weighted by Gasteiger charge is 2.17. The molecule has 0 saturated heterocycles. The summed E-state index contributed by atoms with van der Waals surface area (Å²) in [5.41, 5.74) is 0.598. The van der Waals surface area contributed by atoms with Crippen molar-refractivity contribution in [2.45, 2.75) is 20.8 Å². The van der Waals surface area contributed by atoms with E-state index in [1.165, 1.54) is 0 Å². The highest BCUT2D eigenvalue weighted by atomic mass is 16.1. The lowest BCUT2D eigenvalue weighted by Gasteiger charge is -2.16. The SMILES string of the molecule is Cc1ncc(C(=O)C(C)C)c(N(C)C)n1. The normalized spacial score (nSPS) is 10.5. The summed E-state index contributed by atoms with van der Waals surface area (Å²) in [6.45, 7) is 5.57. The lowest BCUT2D eigenvalue weighted by Crippen LogP contribution is -2.19. The van der Waals surface area contributed by atoms with Crippen LogP contribution < -0.4 is 4.90 Å². The van der Waals surface area contributed by atoms with E-state index in [2.05, 4.69) is 9.97 Å². The van der Waals surface area contributed by atoms with Crippen molar-refractivity contribution in [3.8, 4) is 0 Å². The fourth-order valence-corrected chi connectivity index (χ4v) is 1.28. The van der Waals surface area contributed by atoms with Crippen LogP contribution in [0.25, 0.3) is 0 Å². The first-order chi connectivity index (χ1) is 6.93. The van der Waals surface area contributed by atoms with Gasteiger partial charge in [0.25, 0.3) is 0 Å². The molecule has 0 aliphatic carbocycles. The molecule has 0 N–H and O–H groups in total. The topological polar surface area (TPSA) is 46.1 Å². The number of aryl methyl sites for hydroxylation is 1. The van der Waals surface area contributed by atoms with Crippen LogP contribution in [0.15, 0.2) is 6.20 Å². The Morgan fingerprint density at radius 3 is 2.47 bits per heavy atom. The Morgan fingerprint density at radius 2 is 2.00 bits per heavy atom. The van der Waals surface area contributed by atoms with Crippen LogP contribution in [-0.2, 0) is 0 Å². The van der Waals surface area contributed by atoms with Crippen LogP contribution in [-0.4, -0.2) is 29.8 Å². The molecule has 82 valence electrons. The highest BCUT2D eigenvalue weighted by molar-refractivity contribution is 6.01. The van der Waals surface area contributed by atoms with Gasteiger partial charge in [0.15, 0.2) is 5.78 Å². The summed E-state index contributed by atoms with van der Waals surface area (Å²) < 4.78 is 0. The number of anilines is 1. The number of hydrogen-bond donors (Lipinski definition) is 0. The Morgan fingerprint density at radius 1 is 1.40 bits per heavy atom. The van der Waals surface area contributed by atoms with E-state index in [1.807, 2.05) is 39.8 Å². The van der Waals surface area contributed by atoms with Crippen molar-refractivity contribution in [3.63, 3.8) is 0 Å². The highest BCUT2D eigenvalue weighted by Crippen LogP contribution is 2.18. The first kappa shape index (κ1) is 11.6. The predicted octanol–water partition coefficient (Wildman–Crippen LogP) is 1.69. The molecule has 0 atom stereocenters. The monoisotopic (exact) mass is 207 g/mol. The summed E-state index contributed by atoms with van der Waals surface area (Å²) in [6, 6.07) is 0. The zero-order valence-electron chi connectivity index (χ0n) is 9.90. The number of carbonyl (C=O) groups excluding carboxylic acids is 1. The standard InChI is InChI=1S/C11H17N3O/c1-7(2)10(15)9-6-12-8(3)13-11(9)14(4)5/h6-7H,1-5H3. The van der Waals surface area contributed by atoms with Crippen molar-refractivity contribution in [1.29, 1.82) is 0 Å². The molecule has 0 bridgehead atoms. The largest absolute Gasteiger partial charge is 0.362 e. The summed E-state index contributed by atoms with van der Waals surface area (Å²) in [7, 11) is 3.75. The number of Topliss-reactive ketones (excluding diaryl/α,β-unsaturated/α-hetero) is 1. The van der Waals surface area contributed by atoms with Gasteiger partial charge in [-0.1, -0.05) is 13.8 Å². The molecule has 0 aliphatic heterocycles. The molecule has 4 nitrogen and oxygen atoms in total. The Kier molecular flexibility index (Phi) is 3.39. The summed E-state index contributed by atoms with van der Waals surface area (Å²) in [6.07, 6.45) is 1.61. The molecule has 0 spiro atoms. The van der Waals surface area contributed by atoms with E-state index in [0.29, 0.717) is 17.2 Å². The minimum absolute atomic E-state index is 0.0324. The van der Waals surface area contributed by atoms with Crippen LogP contribution >= 0.6 is 0 Å². The van der Waals surface area contributed by atoms with Gasteiger partial charge < -0.3 is 4.90 Å². The Balaban J connectivity index is 3.23. The Hall–Kier alpha value is -1.45. The van der Waals surface area contributed by atoms with E-state index < -0.39 is 0 Å². The second kappa shape index (κ2) is 4.38. The Labute approximate surface area is 90.3 Å². The zero-order chi connectivity index (χ0) is 11.6. The van der Waals surface area contributed by atoms with E-state index in [4.69, 9.17) is 0 Å². The van der Waals surface area contributed by atoms with Crippen LogP contribution in [0, 0.1) is 12.8 Å². The third kappa shape index (κ3) is 2.52. The fraction of sp³-hybridized carbons (Fsp3) is 0.545. The number of hydrogen-bond acceptors (Lipinski definition) is 4. The predicted molar refractivity (Wildman–Crippen MR) is 60.3 cm³/mol. The van der Waals surface area contributed by atoms with E-state index in [9.17, 15) is 4.79 Å². The van der Waals surface area contributed by atoms with Crippen LogP contribution in [0.1, 0.15) is 30.0 Å². The molecule has 1 aromatic heterocycles. The second-order valence-electron chi connectivity index (χ2n) is 4.07. The third-order valence-corrected chi connectivity index (χ3v) is 2.10. The van der Waals surface area contributed by atoms with E-state index in [-0.39, 0.29) is 11.7 Å². The van der Waals surface area contributed by atoms with Gasteiger partial charge in [0.2, 0.25) is 0 Å². The van der Waals surface area contributed by atoms with Crippen molar-refractivity contribution in [1.82, 2.24) is 9.97 Å². The molecule has 1 rings (SSSR count). The molecule has 15 heavy (non-hydrogen) atoms. The quantitative estimate of drug-likeness (QED) is 0.708. The van der Waals surface area contributed by atoms with Gasteiger partial charge in [-0.15, -0.1) is 0 Å². The molecule has 0 aliphatic rings. The van der Waals surface area contributed by atoms with Gasteiger partial charge in [0, 0.05) is 26.2 Å². The molecule has 0 fully saturated rings. The van der Waals surface area contributed by atoms with Gasteiger partial charge in [-0.05, 0) is 6.92 Å². The van der Waals surface area contributed by atoms with Crippen molar-refractivity contribution < 1.29 is 4.79 Å². The zero-order valence-corrected chi connectivity index (χ0v) is 9.90. The average molecular weight is 207 g/mol. The maximum atomic E-state index is 11.9. The molecular weight excluding hydrogens is 190 g/mol. The first-order valence-corrected chi connectivity index (χ1v) is 4.98. The minimum Gasteiger partial charge on any atom is -0.362 e. The lowest BCUT2D eigenvalue weighted by atomic mass is 10.0. The van der Waals surface area contributed by atoms with Crippen molar-refractivity contribution in [2.24, 2.45) is 5.92 Å². The summed E-state index contributed by atoms with van der Waals surface area (Å²) in [5, 5.41) is 0. The first-order valence-electron chi connectivity index (χ1n) is 4.98. The number of aromatic nitrogens is 2. The molecule has 0 aromatic carbocycles. The molecule has 0 unspecified atom stereocenters. The summed E-state index contributed by atoms with van der Waals surface area (Å²) in [4.78, 5) is 22.0. The van der Waals surface area contributed by atoms with Gasteiger partial charge >= 0.3 is 0 Å². The van der Waals surface area contributed by atoms with Gasteiger partial charge in [0.05, 0.1) is 5.56 Å². The van der Waals surface area contributed by atoms with Crippen LogP contribution in [0.5, 0.6) is 0 Å². The van der Waals surface area contributed by atoms with E-state index in [1.54, 1.807) is 6.20 Å². The molecule has 1 aromatic rings. The maximum absolute atomic E-state index is 11.9. The maximum Gasteiger partial charge on any atom is 0.170 e. The summed E-state index contributed by atoms with van der Waals surface area (Å²) in [5.74, 6) is 1.42. The van der Waals surface area contributed by atoms with Crippen molar-refractivity contribution in [3.05, 3.63) is 17.6 Å². The number of carbonyl (C=O) groups is 1. The van der Waals surface area contributed by atoms with Gasteiger partial charge in [-0.25, -0.2) is 9.97 Å². The minimum atomic E-state index is -0.0324. The average Bonchev–Trinajstić information content (AvgIpc) is 2.16. The molecule has 0 saturated carbocycles. The van der Waals surface area contributed by atoms with Crippen molar-refractivity contribution in [2.75, 3.05) is 19.0 Å². The van der Waals surface area contributed by atoms with Crippen LogP contribution in [0.3, 0.4) is 0 Å². The number of ketones is 1. The molecule has 4 heteroatoms. The summed E-state index contributed by atoms with van der Waals surface area (Å²) >= 11 is 0. The number of rotatable bonds is 3. The van der Waals surface area contributed by atoms with E-state index >= 15 is 0 Å². The molecule has 0 radical (unpaired) electrons. The smallest absolute Gasteiger partial charge is 0.170 e. The van der Waals surface area contributed by atoms with Crippen LogP contribution in [0.4, 0.5) is 5.82 Å². The van der Waals surface area contributed by atoms with Gasteiger partial charge in [0.1, 0.15) is 11.6 Å². The van der Waals surface area contributed by atoms with Gasteiger partial charge in [-0.3, -0.25) is 4.79 Å². The van der Waals surface area contributed by atoms with Gasteiger partial charge in [-0.2, -0.15) is 0 Å². The van der Waals surface area contributed by atoms with E-state index in [0.717, 1.165) is 0 Å².